The Morgan fingerprint density at radius 1 is 1.11 bits per heavy atom. The smallest absolute Gasteiger partial charge is 0.254 e. The largest absolute Gasteiger partial charge is 0.481 e. The van der Waals surface area contributed by atoms with Crippen molar-refractivity contribution >= 4 is 28.6 Å². The van der Waals surface area contributed by atoms with E-state index in [2.05, 4.69) is 15.6 Å². The van der Waals surface area contributed by atoms with Gasteiger partial charge in [0.25, 0.3) is 5.91 Å². The van der Waals surface area contributed by atoms with Gasteiger partial charge in [-0.1, -0.05) is 24.6 Å². The van der Waals surface area contributed by atoms with E-state index in [9.17, 15) is 14.4 Å². The molecular weight excluding hydrogens is 460 g/mol. The molecule has 0 radical (unpaired) electrons. The fraction of sp³-hybridized carbons (Fsp3) is 0.556. The summed E-state index contributed by atoms with van der Waals surface area (Å²) < 4.78 is 11.0. The number of nitrogens with one attached hydrogen (secondary N) is 2. The number of fused-ring (bicyclic) bond motifs is 1. The molecule has 9 heteroatoms. The zero-order valence-corrected chi connectivity index (χ0v) is 21.2. The van der Waals surface area contributed by atoms with Crippen LogP contribution in [0.3, 0.4) is 0 Å². The van der Waals surface area contributed by atoms with Crippen LogP contribution < -0.4 is 15.4 Å². The molecule has 1 aromatic heterocycles. The number of ether oxygens (including phenoxy) is 2. The number of rotatable bonds is 2. The van der Waals surface area contributed by atoms with E-state index in [0.717, 1.165) is 24.6 Å². The summed E-state index contributed by atoms with van der Waals surface area (Å²) in [6.07, 6.45) is 4.26. The van der Waals surface area contributed by atoms with Crippen molar-refractivity contribution in [2.45, 2.75) is 51.5 Å². The lowest BCUT2D eigenvalue weighted by molar-refractivity contribution is -0.137. The van der Waals surface area contributed by atoms with Gasteiger partial charge in [-0.2, -0.15) is 0 Å². The Kier molecular flexibility index (Phi) is 8.40. The van der Waals surface area contributed by atoms with Crippen LogP contribution in [0.15, 0.2) is 30.3 Å². The highest BCUT2D eigenvalue weighted by Gasteiger charge is 2.42. The Bertz CT molecular complexity index is 1100. The van der Waals surface area contributed by atoms with E-state index in [0.29, 0.717) is 69.1 Å². The Morgan fingerprint density at radius 2 is 1.86 bits per heavy atom. The zero-order chi connectivity index (χ0) is 25.5. The van der Waals surface area contributed by atoms with Crippen molar-refractivity contribution in [3.05, 3.63) is 35.9 Å². The van der Waals surface area contributed by atoms with Gasteiger partial charge in [0.15, 0.2) is 0 Å². The summed E-state index contributed by atoms with van der Waals surface area (Å²) in [6, 6.07) is 8.59. The second kappa shape index (κ2) is 11.7. The molecule has 2 N–H and O–H groups in total. The molecule has 2 saturated heterocycles. The summed E-state index contributed by atoms with van der Waals surface area (Å²) in [5, 5.41) is 6.59. The Balaban J connectivity index is 1.51. The molecule has 0 aliphatic carbocycles. The van der Waals surface area contributed by atoms with Gasteiger partial charge in [0.1, 0.15) is 6.04 Å². The normalized spacial score (nSPS) is 21.9. The summed E-state index contributed by atoms with van der Waals surface area (Å²) in [7, 11) is 1.54. The molecule has 0 unspecified atom stereocenters. The summed E-state index contributed by atoms with van der Waals surface area (Å²) >= 11 is 0. The van der Waals surface area contributed by atoms with Crippen molar-refractivity contribution in [3.63, 3.8) is 0 Å². The molecule has 194 valence electrons. The SMILES string of the molecule is COc1cc(C(=O)N2CCC3(CCCCOCCCNC(=O)[C@H](C)NC3=O)CC2)c2ccccc2n1. The number of likely N-dealkylation sites (tertiary alicyclic amines) is 1. The molecule has 36 heavy (non-hydrogen) atoms. The molecule has 2 aliphatic heterocycles. The summed E-state index contributed by atoms with van der Waals surface area (Å²) in [5.41, 5.74) is 0.632. The van der Waals surface area contributed by atoms with E-state index in [1.165, 1.54) is 7.11 Å². The molecule has 2 fully saturated rings. The molecule has 1 spiro atoms. The van der Waals surface area contributed by atoms with E-state index in [1.54, 1.807) is 13.0 Å². The minimum Gasteiger partial charge on any atom is -0.481 e. The minimum atomic E-state index is -0.618. The average Bonchev–Trinajstić information content (AvgIpc) is 2.90. The average molecular weight is 497 g/mol. The van der Waals surface area contributed by atoms with Crippen LogP contribution in [0.2, 0.25) is 0 Å². The number of piperidine rings is 1. The van der Waals surface area contributed by atoms with Crippen molar-refractivity contribution in [1.82, 2.24) is 20.5 Å². The number of hydrogen-bond acceptors (Lipinski definition) is 6. The van der Waals surface area contributed by atoms with Gasteiger partial charge < -0.3 is 25.0 Å². The number of amides is 3. The number of benzene rings is 1. The fourth-order valence-electron chi connectivity index (χ4n) is 5.06. The van der Waals surface area contributed by atoms with Crippen LogP contribution in [0, 0.1) is 5.41 Å². The van der Waals surface area contributed by atoms with Crippen LogP contribution in [-0.2, 0) is 14.3 Å². The predicted octanol–water partition coefficient (Wildman–Crippen LogP) is 2.68. The van der Waals surface area contributed by atoms with E-state index in [4.69, 9.17) is 9.47 Å². The minimum absolute atomic E-state index is 0.0933. The molecule has 3 amide bonds. The molecule has 2 aromatic rings. The standard InChI is InChI=1S/C27H36N4O5/c1-19-24(32)28-13-7-17-36-16-6-5-10-27(26(34)29-19)11-14-31(15-12-27)25(33)21-18-23(35-2)30-22-9-4-3-8-20(21)22/h3-4,8-9,18-19H,5-7,10-17H2,1-2H3,(H,28,32)(H,29,34)/t19-/m0/s1. The number of nitrogens with zero attached hydrogens (tertiary/aromatic N) is 2. The van der Waals surface area contributed by atoms with Crippen LogP contribution in [0.25, 0.3) is 10.9 Å². The van der Waals surface area contributed by atoms with Crippen LogP contribution in [0.4, 0.5) is 0 Å². The quantitative estimate of drug-likeness (QED) is 0.662. The Hall–Kier alpha value is -3.20. The van der Waals surface area contributed by atoms with Crippen LogP contribution in [0.1, 0.15) is 55.8 Å². The Labute approximate surface area is 211 Å². The van der Waals surface area contributed by atoms with Gasteiger partial charge in [0, 0.05) is 44.3 Å². The van der Waals surface area contributed by atoms with Crippen molar-refractivity contribution in [3.8, 4) is 5.88 Å². The second-order valence-corrected chi connectivity index (χ2v) is 9.71. The first-order valence-corrected chi connectivity index (χ1v) is 12.8. The molecule has 0 saturated carbocycles. The molecule has 3 heterocycles. The third kappa shape index (κ3) is 5.78. The number of pyridine rings is 1. The first kappa shape index (κ1) is 25.9. The number of hydrogen-bond donors (Lipinski definition) is 2. The zero-order valence-electron chi connectivity index (χ0n) is 21.2. The lowest BCUT2D eigenvalue weighted by Gasteiger charge is -2.41. The highest BCUT2D eigenvalue weighted by atomic mass is 16.5. The number of aromatic nitrogens is 1. The number of para-hydroxylation sites is 1. The first-order valence-electron chi connectivity index (χ1n) is 12.8. The molecule has 0 bridgehead atoms. The maximum atomic E-state index is 13.6. The highest BCUT2D eigenvalue weighted by Crippen LogP contribution is 2.38. The van der Waals surface area contributed by atoms with E-state index >= 15 is 0 Å². The van der Waals surface area contributed by atoms with Gasteiger partial charge in [-0.15, -0.1) is 0 Å². The van der Waals surface area contributed by atoms with Gasteiger partial charge in [-0.05, 0) is 45.1 Å². The fourth-order valence-corrected chi connectivity index (χ4v) is 5.06. The van der Waals surface area contributed by atoms with Crippen molar-refractivity contribution in [1.29, 1.82) is 0 Å². The second-order valence-electron chi connectivity index (χ2n) is 9.71. The topological polar surface area (TPSA) is 110 Å². The lowest BCUT2D eigenvalue weighted by atomic mass is 9.73. The highest BCUT2D eigenvalue weighted by molar-refractivity contribution is 6.06. The molecule has 1 aromatic carbocycles. The Morgan fingerprint density at radius 3 is 2.64 bits per heavy atom. The molecular formula is C27H36N4O5. The maximum absolute atomic E-state index is 13.6. The van der Waals surface area contributed by atoms with Crippen molar-refractivity contribution in [2.24, 2.45) is 5.41 Å². The van der Waals surface area contributed by atoms with Crippen LogP contribution in [-0.4, -0.2) is 73.6 Å². The lowest BCUT2D eigenvalue weighted by Crippen LogP contribution is -2.54. The predicted molar refractivity (Wildman–Crippen MR) is 136 cm³/mol. The van der Waals surface area contributed by atoms with Gasteiger partial charge in [-0.25, -0.2) is 4.98 Å². The molecule has 4 rings (SSSR count). The maximum Gasteiger partial charge on any atom is 0.254 e. The summed E-state index contributed by atoms with van der Waals surface area (Å²) in [4.78, 5) is 45.7. The van der Waals surface area contributed by atoms with Crippen LogP contribution in [0.5, 0.6) is 5.88 Å². The molecule has 2 aliphatic rings. The van der Waals surface area contributed by atoms with E-state index in [-0.39, 0.29) is 17.7 Å². The van der Waals surface area contributed by atoms with Gasteiger partial charge in [-0.3, -0.25) is 14.4 Å². The third-order valence-corrected chi connectivity index (χ3v) is 7.32. The monoisotopic (exact) mass is 496 g/mol. The van der Waals surface area contributed by atoms with E-state index < -0.39 is 11.5 Å². The first-order chi connectivity index (χ1) is 17.4. The number of carbonyl (C=O) groups is 3. The van der Waals surface area contributed by atoms with Crippen LogP contribution >= 0.6 is 0 Å². The van der Waals surface area contributed by atoms with Gasteiger partial charge >= 0.3 is 0 Å². The third-order valence-electron chi connectivity index (χ3n) is 7.32. The summed E-state index contributed by atoms with van der Waals surface area (Å²) in [5.74, 6) is 0.00237. The molecule has 9 nitrogen and oxygen atoms in total. The van der Waals surface area contributed by atoms with Crippen molar-refractivity contribution in [2.75, 3.05) is 40.0 Å². The van der Waals surface area contributed by atoms with Crippen molar-refractivity contribution < 1.29 is 23.9 Å². The van der Waals surface area contributed by atoms with E-state index in [1.807, 2.05) is 29.2 Å². The summed E-state index contributed by atoms with van der Waals surface area (Å²) in [6.45, 7) is 4.41. The number of methoxy groups -OCH3 is 1. The van der Waals surface area contributed by atoms with Gasteiger partial charge in [0.2, 0.25) is 17.7 Å². The van der Waals surface area contributed by atoms with Gasteiger partial charge in [0.05, 0.1) is 23.6 Å². The molecule has 1 atom stereocenters. The number of carbonyl (C=O) groups excluding carboxylic acids is 3.